The zero-order valence-electron chi connectivity index (χ0n) is 10.1. The molecule has 1 aliphatic heterocycles. The molecule has 2 rings (SSSR count). The summed E-state index contributed by atoms with van der Waals surface area (Å²) >= 11 is 0. The van der Waals surface area contributed by atoms with E-state index in [1.807, 2.05) is 0 Å². The van der Waals surface area contributed by atoms with Crippen LogP contribution < -0.4 is 10.1 Å². The van der Waals surface area contributed by atoms with Crippen LogP contribution in [0.1, 0.15) is 32.4 Å². The van der Waals surface area contributed by atoms with Gasteiger partial charge >= 0.3 is 0 Å². The smallest absolute Gasteiger partial charge is 0.217 e. The Morgan fingerprint density at radius 1 is 1.59 bits per heavy atom. The number of hydrogen-bond acceptors (Lipinski definition) is 4. The highest BCUT2D eigenvalue weighted by molar-refractivity contribution is 5.73. The van der Waals surface area contributed by atoms with Gasteiger partial charge in [-0.05, 0) is 19.9 Å². The van der Waals surface area contributed by atoms with Gasteiger partial charge in [0.2, 0.25) is 5.91 Å². The number of ether oxygens (including phenoxy) is 1. The van der Waals surface area contributed by atoms with E-state index in [2.05, 4.69) is 10.3 Å². The first-order chi connectivity index (χ1) is 7.92. The fraction of sp³-hybridized carbons (Fsp3) is 0.500. The molecule has 0 saturated heterocycles. The monoisotopic (exact) mass is 236 g/mol. The number of fused-ring (bicyclic) bond motifs is 1. The summed E-state index contributed by atoms with van der Waals surface area (Å²) in [5.41, 5.74) is -0.0453. The van der Waals surface area contributed by atoms with Crippen LogP contribution in [0.25, 0.3) is 0 Å². The maximum atomic E-state index is 11.2. The molecule has 2 N–H and O–H groups in total. The van der Waals surface area contributed by atoms with Gasteiger partial charge in [-0.2, -0.15) is 0 Å². The number of carbonyl (C=O) groups is 1. The molecule has 92 valence electrons. The van der Waals surface area contributed by atoms with Crippen molar-refractivity contribution in [1.29, 1.82) is 0 Å². The number of amides is 1. The van der Waals surface area contributed by atoms with Crippen LogP contribution in [-0.4, -0.2) is 27.7 Å². The summed E-state index contributed by atoms with van der Waals surface area (Å²) in [5.74, 6) is 0.454. The van der Waals surface area contributed by atoms with E-state index in [4.69, 9.17) is 4.74 Å². The summed E-state index contributed by atoms with van der Waals surface area (Å²) in [4.78, 5) is 15.2. The van der Waals surface area contributed by atoms with E-state index in [9.17, 15) is 9.90 Å². The van der Waals surface area contributed by atoms with Gasteiger partial charge in [0.25, 0.3) is 0 Å². The Morgan fingerprint density at radius 2 is 2.29 bits per heavy atom. The molecular weight excluding hydrogens is 220 g/mol. The third kappa shape index (κ3) is 2.10. The van der Waals surface area contributed by atoms with E-state index >= 15 is 0 Å². The molecule has 5 heteroatoms. The Labute approximate surface area is 99.8 Å². The number of aromatic nitrogens is 1. The number of nitrogens with one attached hydrogen (secondary N) is 1. The summed E-state index contributed by atoms with van der Waals surface area (Å²) in [6.07, 6.45) is 2.41. The van der Waals surface area contributed by atoms with Gasteiger partial charge in [-0.1, -0.05) is 0 Å². The molecule has 0 saturated carbocycles. The number of nitrogens with zero attached hydrogens (tertiary/aromatic N) is 1. The van der Waals surface area contributed by atoms with Crippen molar-refractivity contribution in [3.05, 3.63) is 24.0 Å². The first-order valence-corrected chi connectivity index (χ1v) is 5.50. The molecule has 1 amide bonds. The number of hydrogen-bond donors (Lipinski definition) is 2. The zero-order valence-corrected chi connectivity index (χ0v) is 10.1. The predicted molar refractivity (Wildman–Crippen MR) is 61.5 cm³/mol. The molecule has 0 bridgehead atoms. The highest BCUT2D eigenvalue weighted by Gasteiger charge is 2.43. The lowest BCUT2D eigenvalue weighted by Gasteiger charge is -2.41. The average Bonchev–Trinajstić information content (AvgIpc) is 2.24. The first-order valence-electron chi connectivity index (χ1n) is 5.50. The SMILES string of the molecule is CC(=O)N[C@@H]1c2cnccc2OC(C)(C)[C@H]1O. The van der Waals surface area contributed by atoms with Gasteiger partial charge in [0.05, 0.1) is 6.04 Å². The summed E-state index contributed by atoms with van der Waals surface area (Å²) in [5, 5.41) is 13.0. The Hall–Kier alpha value is -1.62. The summed E-state index contributed by atoms with van der Waals surface area (Å²) in [6, 6.07) is 1.25. The maximum Gasteiger partial charge on any atom is 0.217 e. The van der Waals surface area contributed by atoms with E-state index in [1.54, 1.807) is 32.3 Å². The summed E-state index contributed by atoms with van der Waals surface area (Å²) in [6.45, 7) is 5.00. The van der Waals surface area contributed by atoms with Crippen LogP contribution in [0.15, 0.2) is 18.5 Å². The van der Waals surface area contributed by atoms with Gasteiger partial charge in [0.15, 0.2) is 0 Å². The molecule has 0 aromatic carbocycles. The minimum Gasteiger partial charge on any atom is -0.485 e. The molecule has 0 aliphatic carbocycles. The molecule has 1 aliphatic rings. The first kappa shape index (κ1) is 11.9. The number of aliphatic hydroxyl groups is 1. The molecule has 2 heterocycles. The molecule has 17 heavy (non-hydrogen) atoms. The number of aliphatic hydroxyl groups excluding tert-OH is 1. The second-order valence-corrected chi connectivity index (χ2v) is 4.74. The van der Waals surface area contributed by atoms with E-state index < -0.39 is 17.7 Å². The van der Waals surface area contributed by atoms with Gasteiger partial charge in [-0.3, -0.25) is 9.78 Å². The third-order valence-electron chi connectivity index (χ3n) is 2.90. The number of carbonyl (C=O) groups excluding carboxylic acids is 1. The van der Waals surface area contributed by atoms with Crippen LogP contribution in [-0.2, 0) is 4.79 Å². The summed E-state index contributed by atoms with van der Waals surface area (Å²) < 4.78 is 5.70. The molecule has 0 radical (unpaired) electrons. The van der Waals surface area contributed by atoms with Crippen LogP contribution in [0.4, 0.5) is 0 Å². The van der Waals surface area contributed by atoms with Crippen LogP contribution in [0, 0.1) is 0 Å². The van der Waals surface area contributed by atoms with Crippen molar-refractivity contribution in [3.63, 3.8) is 0 Å². The summed E-state index contributed by atoms with van der Waals surface area (Å²) in [7, 11) is 0. The fourth-order valence-corrected chi connectivity index (χ4v) is 2.01. The molecular formula is C12H16N2O3. The second kappa shape index (κ2) is 4.00. The van der Waals surface area contributed by atoms with Crippen molar-refractivity contribution >= 4 is 5.91 Å². The lowest BCUT2D eigenvalue weighted by molar-refractivity contribution is -0.123. The molecule has 5 nitrogen and oxygen atoms in total. The van der Waals surface area contributed by atoms with E-state index in [1.165, 1.54) is 6.92 Å². The lowest BCUT2D eigenvalue weighted by Crippen LogP contribution is -2.53. The van der Waals surface area contributed by atoms with Gasteiger partial charge in [0.1, 0.15) is 17.5 Å². The second-order valence-electron chi connectivity index (χ2n) is 4.74. The molecule has 0 unspecified atom stereocenters. The highest BCUT2D eigenvalue weighted by atomic mass is 16.5. The van der Waals surface area contributed by atoms with Crippen molar-refractivity contribution in [2.45, 2.75) is 38.5 Å². The van der Waals surface area contributed by atoms with Gasteiger partial charge in [0, 0.05) is 24.9 Å². The maximum absolute atomic E-state index is 11.2. The highest BCUT2D eigenvalue weighted by Crippen LogP contribution is 2.38. The Kier molecular flexibility index (Phi) is 2.79. The predicted octanol–water partition coefficient (Wildman–Crippen LogP) is 0.791. The van der Waals surface area contributed by atoms with Crippen LogP contribution in [0.3, 0.4) is 0 Å². The molecule has 1 aromatic rings. The van der Waals surface area contributed by atoms with E-state index in [0.717, 1.165) is 0 Å². The molecule has 0 fully saturated rings. The Balaban J connectivity index is 2.44. The van der Waals surface area contributed by atoms with Crippen molar-refractivity contribution in [1.82, 2.24) is 10.3 Å². The van der Waals surface area contributed by atoms with Crippen molar-refractivity contribution in [2.24, 2.45) is 0 Å². The van der Waals surface area contributed by atoms with Crippen LogP contribution in [0.5, 0.6) is 5.75 Å². The lowest BCUT2D eigenvalue weighted by atomic mass is 9.87. The topological polar surface area (TPSA) is 71.5 Å². The van der Waals surface area contributed by atoms with Crippen LogP contribution >= 0.6 is 0 Å². The normalized spacial score (nSPS) is 25.6. The minimum atomic E-state index is -0.817. The standard InChI is InChI=1S/C12H16N2O3/c1-7(15)14-10-8-6-13-5-4-9(8)17-12(2,3)11(10)16/h4-6,10-11,16H,1-3H3,(H,14,15)/t10-,11+/m1/s1. The molecule has 1 aromatic heterocycles. The fourth-order valence-electron chi connectivity index (χ4n) is 2.01. The Morgan fingerprint density at radius 3 is 2.94 bits per heavy atom. The number of rotatable bonds is 1. The van der Waals surface area contributed by atoms with Crippen molar-refractivity contribution in [2.75, 3.05) is 0 Å². The Bertz CT molecular complexity index is 445. The van der Waals surface area contributed by atoms with E-state index in [0.29, 0.717) is 11.3 Å². The largest absolute Gasteiger partial charge is 0.485 e. The molecule has 0 spiro atoms. The van der Waals surface area contributed by atoms with E-state index in [-0.39, 0.29) is 5.91 Å². The third-order valence-corrected chi connectivity index (χ3v) is 2.90. The quantitative estimate of drug-likeness (QED) is 0.756. The zero-order chi connectivity index (χ0) is 12.6. The minimum absolute atomic E-state index is 0.193. The average molecular weight is 236 g/mol. The van der Waals surface area contributed by atoms with Crippen molar-refractivity contribution < 1.29 is 14.6 Å². The van der Waals surface area contributed by atoms with Crippen molar-refractivity contribution in [3.8, 4) is 5.75 Å². The van der Waals surface area contributed by atoms with Gasteiger partial charge in [-0.25, -0.2) is 0 Å². The van der Waals surface area contributed by atoms with Crippen LogP contribution in [0.2, 0.25) is 0 Å². The van der Waals surface area contributed by atoms with Gasteiger partial charge < -0.3 is 15.2 Å². The van der Waals surface area contributed by atoms with Gasteiger partial charge in [-0.15, -0.1) is 0 Å². The number of pyridine rings is 1. The molecule has 2 atom stereocenters.